The Morgan fingerprint density at radius 2 is 1.84 bits per heavy atom. The lowest BCUT2D eigenvalue weighted by molar-refractivity contribution is -0.125. The molecule has 0 fully saturated rings. The molecule has 130 valence electrons. The number of aryl methyl sites for hydroxylation is 2. The van der Waals surface area contributed by atoms with Crippen LogP contribution >= 0.6 is 0 Å². The van der Waals surface area contributed by atoms with E-state index in [1.807, 2.05) is 70.2 Å². The van der Waals surface area contributed by atoms with Crippen LogP contribution in [0.5, 0.6) is 0 Å². The van der Waals surface area contributed by atoms with Gasteiger partial charge in [0.15, 0.2) is 0 Å². The molecule has 3 rings (SSSR count). The number of amides is 2. The molecule has 25 heavy (non-hydrogen) atoms. The molecule has 2 aromatic rings. The van der Waals surface area contributed by atoms with E-state index in [4.69, 9.17) is 0 Å². The van der Waals surface area contributed by atoms with Crippen LogP contribution in [0.2, 0.25) is 0 Å². The van der Waals surface area contributed by atoms with E-state index in [-0.39, 0.29) is 18.4 Å². The van der Waals surface area contributed by atoms with Crippen LogP contribution in [0.25, 0.3) is 0 Å². The summed E-state index contributed by atoms with van der Waals surface area (Å²) in [5.41, 5.74) is 4.57. The average molecular weight is 336 g/mol. The summed E-state index contributed by atoms with van der Waals surface area (Å²) < 4.78 is 0. The molecule has 2 amide bonds. The molecule has 4 nitrogen and oxygen atoms in total. The lowest BCUT2D eigenvalue weighted by Gasteiger charge is -2.20. The van der Waals surface area contributed by atoms with Gasteiger partial charge < -0.3 is 10.2 Å². The second-order valence-corrected chi connectivity index (χ2v) is 7.24. The number of anilines is 1. The Morgan fingerprint density at radius 1 is 1.12 bits per heavy atom. The molecule has 0 bridgehead atoms. The number of hydrogen-bond acceptors (Lipinski definition) is 2. The summed E-state index contributed by atoms with van der Waals surface area (Å²) in [6.45, 7) is 8.38. The highest BCUT2D eigenvalue weighted by Crippen LogP contribution is 2.41. The van der Waals surface area contributed by atoms with Gasteiger partial charge in [0.2, 0.25) is 11.8 Å². The Hall–Kier alpha value is -2.62. The van der Waals surface area contributed by atoms with E-state index in [1.54, 1.807) is 4.90 Å². The second-order valence-electron chi connectivity index (χ2n) is 7.24. The Morgan fingerprint density at radius 3 is 2.56 bits per heavy atom. The number of fused-ring (bicyclic) bond motifs is 1. The number of benzene rings is 2. The lowest BCUT2D eigenvalue weighted by Crippen LogP contribution is -2.42. The van der Waals surface area contributed by atoms with Gasteiger partial charge in [-0.25, -0.2) is 0 Å². The first-order valence-corrected chi connectivity index (χ1v) is 8.55. The van der Waals surface area contributed by atoms with E-state index in [9.17, 15) is 9.59 Å². The molecule has 0 radical (unpaired) electrons. The maximum absolute atomic E-state index is 12.8. The molecule has 0 aliphatic carbocycles. The van der Waals surface area contributed by atoms with Crippen molar-refractivity contribution in [1.29, 1.82) is 0 Å². The molecular formula is C21H24N2O2. The van der Waals surface area contributed by atoms with Gasteiger partial charge in [-0.15, -0.1) is 0 Å². The zero-order valence-electron chi connectivity index (χ0n) is 15.2. The van der Waals surface area contributed by atoms with Crippen molar-refractivity contribution in [3.63, 3.8) is 0 Å². The molecule has 1 aliphatic heterocycles. The fourth-order valence-corrected chi connectivity index (χ4v) is 3.31. The summed E-state index contributed by atoms with van der Waals surface area (Å²) in [5, 5.41) is 2.92. The van der Waals surface area contributed by atoms with E-state index in [2.05, 4.69) is 5.32 Å². The molecule has 1 N–H and O–H groups in total. The minimum absolute atomic E-state index is 0.0286. The molecule has 0 spiro atoms. The van der Waals surface area contributed by atoms with E-state index in [0.29, 0.717) is 6.54 Å². The number of carbonyl (C=O) groups excluding carboxylic acids is 2. The molecule has 0 atom stereocenters. The highest BCUT2D eigenvalue weighted by Gasteiger charge is 2.44. The fourth-order valence-electron chi connectivity index (χ4n) is 3.31. The average Bonchev–Trinajstić information content (AvgIpc) is 2.75. The third-order valence-corrected chi connectivity index (χ3v) is 4.93. The van der Waals surface area contributed by atoms with Crippen LogP contribution < -0.4 is 10.2 Å². The zero-order chi connectivity index (χ0) is 18.2. The molecule has 0 aromatic heterocycles. The first kappa shape index (κ1) is 17.2. The van der Waals surface area contributed by atoms with E-state index in [0.717, 1.165) is 27.9 Å². The summed E-state index contributed by atoms with van der Waals surface area (Å²) >= 11 is 0. The highest BCUT2D eigenvalue weighted by atomic mass is 16.2. The first-order valence-electron chi connectivity index (χ1n) is 8.55. The van der Waals surface area contributed by atoms with Crippen molar-refractivity contribution in [2.75, 3.05) is 11.4 Å². The number of rotatable bonds is 4. The fraction of sp³-hybridized carbons (Fsp3) is 0.333. The zero-order valence-corrected chi connectivity index (χ0v) is 15.2. The van der Waals surface area contributed by atoms with Crippen LogP contribution in [0.3, 0.4) is 0 Å². The maximum Gasteiger partial charge on any atom is 0.240 e. The summed E-state index contributed by atoms with van der Waals surface area (Å²) in [4.78, 5) is 26.8. The SMILES string of the molecule is Cc1ccc2c(c1)C(C)(C)C(=O)N2CC(=O)NCc1ccccc1C. The van der Waals surface area contributed by atoms with Crippen molar-refractivity contribution in [3.05, 3.63) is 64.7 Å². The van der Waals surface area contributed by atoms with Crippen molar-refractivity contribution in [2.24, 2.45) is 0 Å². The standard InChI is InChI=1S/C21H24N2O2/c1-14-9-10-18-17(11-14)21(3,4)20(25)23(18)13-19(24)22-12-16-8-6-5-7-15(16)2/h5-11H,12-13H2,1-4H3,(H,22,24). The van der Waals surface area contributed by atoms with Crippen molar-refractivity contribution in [1.82, 2.24) is 5.32 Å². The van der Waals surface area contributed by atoms with Crippen molar-refractivity contribution in [2.45, 2.75) is 39.7 Å². The Labute approximate surface area is 148 Å². The topological polar surface area (TPSA) is 49.4 Å². The van der Waals surface area contributed by atoms with Gasteiger partial charge in [0.25, 0.3) is 0 Å². The van der Waals surface area contributed by atoms with Crippen LogP contribution in [0, 0.1) is 13.8 Å². The van der Waals surface area contributed by atoms with Crippen molar-refractivity contribution in [3.8, 4) is 0 Å². The van der Waals surface area contributed by atoms with E-state index >= 15 is 0 Å². The largest absolute Gasteiger partial charge is 0.350 e. The maximum atomic E-state index is 12.8. The molecule has 0 saturated heterocycles. The lowest BCUT2D eigenvalue weighted by atomic mass is 9.85. The van der Waals surface area contributed by atoms with Crippen molar-refractivity contribution >= 4 is 17.5 Å². The van der Waals surface area contributed by atoms with E-state index < -0.39 is 5.41 Å². The quantitative estimate of drug-likeness (QED) is 0.932. The van der Waals surface area contributed by atoms with Crippen LogP contribution in [0.15, 0.2) is 42.5 Å². The molecule has 4 heteroatoms. The summed E-state index contributed by atoms with van der Waals surface area (Å²) in [6.07, 6.45) is 0. The van der Waals surface area contributed by atoms with Gasteiger partial charge in [-0.3, -0.25) is 9.59 Å². The molecule has 0 unspecified atom stereocenters. The Bertz CT molecular complexity index is 840. The normalized spacial score (nSPS) is 15.2. The highest BCUT2D eigenvalue weighted by molar-refractivity contribution is 6.10. The van der Waals surface area contributed by atoms with Crippen LogP contribution in [0.4, 0.5) is 5.69 Å². The number of nitrogens with one attached hydrogen (secondary N) is 1. The summed E-state index contributed by atoms with van der Waals surface area (Å²) in [6, 6.07) is 13.9. The summed E-state index contributed by atoms with van der Waals surface area (Å²) in [7, 11) is 0. The van der Waals surface area contributed by atoms with Gasteiger partial charge in [0.1, 0.15) is 6.54 Å². The molecule has 1 aliphatic rings. The first-order chi connectivity index (χ1) is 11.8. The van der Waals surface area contributed by atoms with Gasteiger partial charge in [-0.2, -0.15) is 0 Å². The summed E-state index contributed by atoms with van der Waals surface area (Å²) in [5.74, 6) is -0.181. The Kier molecular flexibility index (Phi) is 4.38. The van der Waals surface area contributed by atoms with E-state index in [1.165, 1.54) is 0 Å². The van der Waals surface area contributed by atoms with Crippen LogP contribution in [-0.4, -0.2) is 18.4 Å². The Balaban J connectivity index is 1.74. The molecular weight excluding hydrogens is 312 g/mol. The molecule has 0 saturated carbocycles. The van der Waals surface area contributed by atoms with Gasteiger partial charge in [0.05, 0.1) is 5.41 Å². The van der Waals surface area contributed by atoms with Gasteiger partial charge >= 0.3 is 0 Å². The monoisotopic (exact) mass is 336 g/mol. The molecule has 2 aromatic carbocycles. The van der Waals surface area contributed by atoms with Crippen LogP contribution in [-0.2, 0) is 21.5 Å². The predicted octanol–water partition coefficient (Wildman–Crippen LogP) is 3.24. The third-order valence-electron chi connectivity index (χ3n) is 4.93. The third kappa shape index (κ3) is 3.16. The minimum Gasteiger partial charge on any atom is -0.350 e. The van der Waals surface area contributed by atoms with Gasteiger partial charge in [0, 0.05) is 12.2 Å². The van der Waals surface area contributed by atoms with Crippen LogP contribution in [0.1, 0.15) is 36.1 Å². The van der Waals surface area contributed by atoms with Crippen molar-refractivity contribution < 1.29 is 9.59 Å². The van der Waals surface area contributed by atoms with Gasteiger partial charge in [-0.05, 0) is 50.5 Å². The second kappa shape index (κ2) is 6.36. The molecule has 1 heterocycles. The predicted molar refractivity (Wildman–Crippen MR) is 99.6 cm³/mol. The van der Waals surface area contributed by atoms with Gasteiger partial charge in [-0.1, -0.05) is 42.0 Å². The number of nitrogens with zero attached hydrogens (tertiary/aromatic N) is 1. The minimum atomic E-state index is -0.600. The number of hydrogen-bond donors (Lipinski definition) is 1. The smallest absolute Gasteiger partial charge is 0.240 e. The number of carbonyl (C=O) groups is 2.